The number of rotatable bonds is 4. The number of hydrogen-bond acceptors (Lipinski definition) is 3. The van der Waals surface area contributed by atoms with Crippen LogP contribution in [0.25, 0.3) is 0 Å². The van der Waals surface area contributed by atoms with Gasteiger partial charge in [0.15, 0.2) is 5.69 Å². The van der Waals surface area contributed by atoms with E-state index in [0.29, 0.717) is 21.7 Å². The predicted octanol–water partition coefficient (Wildman–Crippen LogP) is 3.54. The van der Waals surface area contributed by atoms with Gasteiger partial charge in [0, 0.05) is 32.5 Å². The minimum Gasteiger partial charge on any atom is -0.310 e. The molecular formula is C13H9Cl2F3N2O2S. The number of aromatic nitrogens is 2. The fourth-order valence-corrected chi connectivity index (χ4v) is 3.62. The molecule has 0 saturated heterocycles. The number of hydrogen-bond donors (Lipinski definition) is 1. The van der Waals surface area contributed by atoms with Crippen LogP contribution in [0.3, 0.4) is 0 Å². The summed E-state index contributed by atoms with van der Waals surface area (Å²) in [6.07, 6.45) is -4.75. The van der Waals surface area contributed by atoms with Gasteiger partial charge in [-0.1, -0.05) is 29.3 Å². The van der Waals surface area contributed by atoms with Crippen LogP contribution in [0.15, 0.2) is 29.1 Å². The maximum atomic E-state index is 12.6. The lowest BCUT2D eigenvalue weighted by Gasteiger charge is -2.09. The molecule has 0 aliphatic heterocycles. The Balaban J connectivity index is 2.21. The number of aromatic amines is 1. The van der Waals surface area contributed by atoms with Crippen molar-refractivity contribution < 1.29 is 17.4 Å². The first-order valence-electron chi connectivity index (χ1n) is 6.12. The van der Waals surface area contributed by atoms with Gasteiger partial charge >= 0.3 is 6.18 Å². The molecule has 0 amide bonds. The lowest BCUT2D eigenvalue weighted by molar-refractivity contribution is -0.141. The predicted molar refractivity (Wildman–Crippen MR) is 81.9 cm³/mol. The van der Waals surface area contributed by atoms with E-state index in [9.17, 15) is 22.2 Å². The third kappa shape index (κ3) is 4.79. The molecule has 0 aliphatic carbocycles. The highest BCUT2D eigenvalue weighted by Gasteiger charge is 2.33. The molecule has 124 valence electrons. The molecule has 0 spiro atoms. The number of nitrogens with zero attached hydrogens (tertiary/aromatic N) is 1. The zero-order chi connectivity index (χ0) is 17.2. The van der Waals surface area contributed by atoms with Crippen molar-refractivity contribution in [3.63, 3.8) is 0 Å². The Bertz CT molecular complexity index is 788. The summed E-state index contributed by atoms with van der Waals surface area (Å²) in [5, 5.41) is 0.604. The number of H-pyrrole nitrogens is 1. The van der Waals surface area contributed by atoms with E-state index in [0.717, 1.165) is 0 Å². The van der Waals surface area contributed by atoms with E-state index in [4.69, 9.17) is 23.2 Å². The Morgan fingerprint density at radius 1 is 1.17 bits per heavy atom. The van der Waals surface area contributed by atoms with Gasteiger partial charge in [-0.3, -0.25) is 9.00 Å². The lowest BCUT2D eigenvalue weighted by Crippen LogP contribution is -2.19. The monoisotopic (exact) mass is 384 g/mol. The molecule has 1 N–H and O–H groups in total. The Morgan fingerprint density at radius 3 is 2.35 bits per heavy atom. The normalized spacial score (nSPS) is 13.1. The summed E-state index contributed by atoms with van der Waals surface area (Å²) in [6.45, 7) is 0. The van der Waals surface area contributed by atoms with Crippen LogP contribution in [0.4, 0.5) is 13.2 Å². The quantitative estimate of drug-likeness (QED) is 0.876. The van der Waals surface area contributed by atoms with E-state index < -0.39 is 28.2 Å². The van der Waals surface area contributed by atoms with Crippen molar-refractivity contribution in [1.82, 2.24) is 9.97 Å². The minimum absolute atomic E-state index is 0.0710. The summed E-state index contributed by atoms with van der Waals surface area (Å²) in [5.41, 5.74) is -1.87. The third-order valence-corrected chi connectivity index (χ3v) is 4.66. The zero-order valence-electron chi connectivity index (χ0n) is 11.3. The smallest absolute Gasteiger partial charge is 0.310 e. The van der Waals surface area contributed by atoms with Gasteiger partial charge in [-0.15, -0.1) is 0 Å². The number of nitrogens with one attached hydrogen (secondary N) is 1. The second-order valence-corrected chi connectivity index (χ2v) is 6.78. The van der Waals surface area contributed by atoms with Crippen LogP contribution in [0, 0.1) is 0 Å². The Labute approximate surface area is 141 Å². The maximum Gasteiger partial charge on any atom is 0.433 e. The summed E-state index contributed by atoms with van der Waals surface area (Å²) in [5.74, 6) is -0.745. The van der Waals surface area contributed by atoms with Crippen molar-refractivity contribution in [2.24, 2.45) is 0 Å². The second-order valence-electron chi connectivity index (χ2n) is 4.50. The summed E-state index contributed by atoms with van der Waals surface area (Å²) < 4.78 is 49.9. The molecule has 2 rings (SSSR count). The topological polar surface area (TPSA) is 62.8 Å². The molecule has 1 heterocycles. The van der Waals surface area contributed by atoms with Gasteiger partial charge in [0.2, 0.25) is 0 Å². The second kappa shape index (κ2) is 7.02. The van der Waals surface area contributed by atoms with E-state index in [1.54, 1.807) is 18.2 Å². The van der Waals surface area contributed by atoms with E-state index >= 15 is 0 Å². The van der Waals surface area contributed by atoms with Crippen LogP contribution in [0.5, 0.6) is 0 Å². The molecule has 0 fully saturated rings. The lowest BCUT2D eigenvalue weighted by atomic mass is 10.2. The van der Waals surface area contributed by atoms with Gasteiger partial charge in [0.1, 0.15) is 5.82 Å². The minimum atomic E-state index is -4.75. The van der Waals surface area contributed by atoms with Crippen LogP contribution in [-0.4, -0.2) is 14.2 Å². The molecule has 1 aromatic carbocycles. The van der Waals surface area contributed by atoms with Crippen LogP contribution in [0.2, 0.25) is 10.0 Å². The van der Waals surface area contributed by atoms with Crippen LogP contribution >= 0.6 is 23.2 Å². The molecule has 0 bridgehead atoms. The molecule has 1 atom stereocenters. The number of benzene rings is 1. The van der Waals surface area contributed by atoms with Crippen molar-refractivity contribution >= 4 is 34.0 Å². The van der Waals surface area contributed by atoms with Crippen LogP contribution < -0.4 is 5.56 Å². The van der Waals surface area contributed by atoms with Crippen LogP contribution in [-0.2, 0) is 28.5 Å². The van der Waals surface area contributed by atoms with E-state index in [2.05, 4.69) is 9.97 Å². The standard InChI is InChI=1S/C13H9Cl2F3N2O2S/c14-8-2-1-3-9(15)7(8)5-23(22)6-11-19-10(13(16,17)18)4-12(21)20-11/h1-4H,5-6H2,(H,19,20,21)/t23-/m0/s1. The largest absolute Gasteiger partial charge is 0.433 e. The molecule has 0 saturated carbocycles. The van der Waals surface area contributed by atoms with E-state index in [1.807, 2.05) is 0 Å². The SMILES string of the molecule is O=c1cc(C(F)(F)F)nc(C[S@@](=O)Cc2c(Cl)cccc2Cl)[nH]1. The molecule has 10 heteroatoms. The van der Waals surface area contributed by atoms with Gasteiger partial charge in [-0.25, -0.2) is 4.98 Å². The van der Waals surface area contributed by atoms with Crippen molar-refractivity contribution in [2.75, 3.05) is 0 Å². The van der Waals surface area contributed by atoms with Crippen molar-refractivity contribution in [3.05, 3.63) is 61.7 Å². The molecule has 1 aromatic heterocycles. The van der Waals surface area contributed by atoms with Gasteiger partial charge in [0.25, 0.3) is 5.56 Å². The van der Waals surface area contributed by atoms with Gasteiger partial charge < -0.3 is 4.98 Å². The fraction of sp³-hybridized carbons (Fsp3) is 0.231. The summed E-state index contributed by atoms with van der Waals surface area (Å²) in [4.78, 5) is 16.7. The van der Waals surface area contributed by atoms with Gasteiger partial charge in [0.05, 0.1) is 11.5 Å². The highest BCUT2D eigenvalue weighted by atomic mass is 35.5. The van der Waals surface area contributed by atoms with Crippen molar-refractivity contribution in [3.8, 4) is 0 Å². The number of alkyl halides is 3. The summed E-state index contributed by atoms with van der Waals surface area (Å²) >= 11 is 11.9. The summed E-state index contributed by atoms with van der Waals surface area (Å²) in [7, 11) is -1.65. The molecule has 2 aromatic rings. The fourth-order valence-electron chi connectivity index (χ4n) is 1.76. The highest BCUT2D eigenvalue weighted by molar-refractivity contribution is 7.83. The average molecular weight is 385 g/mol. The highest BCUT2D eigenvalue weighted by Crippen LogP contribution is 2.27. The first-order valence-corrected chi connectivity index (χ1v) is 8.36. The molecular weight excluding hydrogens is 376 g/mol. The van der Waals surface area contributed by atoms with Crippen molar-refractivity contribution in [2.45, 2.75) is 17.7 Å². The summed E-state index contributed by atoms with van der Waals surface area (Å²) in [6, 6.07) is 5.08. The van der Waals surface area contributed by atoms with Gasteiger partial charge in [-0.05, 0) is 12.1 Å². The molecule has 0 radical (unpaired) electrons. The molecule has 23 heavy (non-hydrogen) atoms. The molecule has 0 unspecified atom stereocenters. The van der Waals surface area contributed by atoms with Crippen molar-refractivity contribution in [1.29, 1.82) is 0 Å². The Morgan fingerprint density at radius 2 is 1.78 bits per heavy atom. The van der Waals surface area contributed by atoms with E-state index in [-0.39, 0.29) is 17.3 Å². The Kier molecular flexibility index (Phi) is 5.49. The third-order valence-electron chi connectivity index (χ3n) is 2.75. The molecule has 4 nitrogen and oxygen atoms in total. The first-order chi connectivity index (χ1) is 10.7. The number of halogens is 5. The average Bonchev–Trinajstić information content (AvgIpc) is 2.41. The maximum absolute atomic E-state index is 12.6. The molecule has 0 aliphatic rings. The van der Waals surface area contributed by atoms with Crippen LogP contribution in [0.1, 0.15) is 17.1 Å². The van der Waals surface area contributed by atoms with E-state index in [1.165, 1.54) is 0 Å². The Hall–Kier alpha value is -1.38. The first kappa shape index (κ1) is 18.0. The zero-order valence-corrected chi connectivity index (χ0v) is 13.6. The van der Waals surface area contributed by atoms with Gasteiger partial charge in [-0.2, -0.15) is 13.2 Å².